The van der Waals surface area contributed by atoms with E-state index in [0.717, 1.165) is 27.5 Å². The third kappa shape index (κ3) is 3.37. The van der Waals surface area contributed by atoms with E-state index in [2.05, 4.69) is 38.5 Å². The third-order valence-electron chi connectivity index (χ3n) is 4.51. The highest BCUT2D eigenvalue weighted by Gasteiger charge is 2.13. The lowest BCUT2D eigenvalue weighted by Crippen LogP contribution is -2.23. The molecule has 2 aromatic carbocycles. The van der Waals surface area contributed by atoms with E-state index >= 15 is 0 Å². The number of rotatable bonds is 4. The van der Waals surface area contributed by atoms with E-state index in [9.17, 15) is 4.79 Å². The smallest absolute Gasteiger partial charge is 0.267 e. The summed E-state index contributed by atoms with van der Waals surface area (Å²) in [5.74, 6) is 0.0348. The van der Waals surface area contributed by atoms with Gasteiger partial charge in [0, 0.05) is 24.5 Å². The van der Waals surface area contributed by atoms with Crippen molar-refractivity contribution in [3.8, 4) is 11.3 Å². The molecule has 1 amide bonds. The van der Waals surface area contributed by atoms with E-state index in [1.165, 1.54) is 0 Å². The number of anilines is 1. The number of aromatic nitrogens is 3. The van der Waals surface area contributed by atoms with Gasteiger partial charge in [0.25, 0.3) is 5.91 Å². The minimum absolute atomic E-state index is 0.172. The van der Waals surface area contributed by atoms with Crippen molar-refractivity contribution in [3.63, 3.8) is 0 Å². The largest absolute Gasteiger partial charge is 0.368 e. The minimum Gasteiger partial charge on any atom is -0.368 e. The van der Waals surface area contributed by atoms with E-state index in [1.54, 1.807) is 18.5 Å². The highest BCUT2D eigenvalue weighted by atomic mass is 16.1. The maximum Gasteiger partial charge on any atom is 0.267 e. The topological polar surface area (TPSA) is 96.7 Å². The van der Waals surface area contributed by atoms with Gasteiger partial charge in [-0.2, -0.15) is 0 Å². The fraction of sp³-hybridized carbons (Fsp3) is 0.0952. The summed E-state index contributed by atoms with van der Waals surface area (Å²) in [6.07, 6.45) is 3.42. The molecule has 0 fully saturated rings. The van der Waals surface area contributed by atoms with E-state index in [4.69, 9.17) is 5.73 Å². The van der Waals surface area contributed by atoms with E-state index < -0.39 is 0 Å². The van der Waals surface area contributed by atoms with Crippen LogP contribution in [0, 0.1) is 6.92 Å². The summed E-state index contributed by atoms with van der Waals surface area (Å²) in [5.41, 5.74) is 9.64. The Morgan fingerprint density at radius 2 is 2.00 bits per heavy atom. The van der Waals surface area contributed by atoms with Gasteiger partial charge in [0.15, 0.2) is 0 Å². The number of hydrogen-bond donors (Lipinski definition) is 3. The third-order valence-corrected chi connectivity index (χ3v) is 4.51. The first-order chi connectivity index (χ1) is 13.1. The van der Waals surface area contributed by atoms with E-state index in [1.807, 2.05) is 31.2 Å². The van der Waals surface area contributed by atoms with Gasteiger partial charge in [-0.25, -0.2) is 9.97 Å². The number of aromatic amines is 1. The minimum atomic E-state index is -0.172. The molecule has 27 heavy (non-hydrogen) atoms. The number of carbonyl (C=O) groups is 1. The van der Waals surface area contributed by atoms with Crippen molar-refractivity contribution in [1.29, 1.82) is 0 Å². The van der Waals surface area contributed by atoms with Crippen LogP contribution in [0.15, 0.2) is 60.9 Å². The number of nitrogens with zero attached hydrogens (tertiary/aromatic N) is 2. The monoisotopic (exact) mass is 357 g/mol. The van der Waals surface area contributed by atoms with Gasteiger partial charge in [-0.1, -0.05) is 42.5 Å². The molecule has 0 aliphatic rings. The number of nitrogens with one attached hydrogen (secondary N) is 2. The fourth-order valence-corrected chi connectivity index (χ4v) is 3.13. The lowest BCUT2D eigenvalue weighted by molar-refractivity contribution is 0.0946. The molecule has 4 N–H and O–H groups in total. The second-order valence-electron chi connectivity index (χ2n) is 6.38. The van der Waals surface area contributed by atoms with E-state index in [-0.39, 0.29) is 11.9 Å². The Balaban J connectivity index is 1.52. The molecule has 4 rings (SSSR count). The summed E-state index contributed by atoms with van der Waals surface area (Å²) in [6, 6.07) is 16.0. The standard InChI is InChI=1S/C21H19N5O/c1-13-10-25-21(22)26-19(13)16-9-18(23-12-16)20(27)24-11-15-7-4-6-14-5-2-3-8-17(14)15/h2-10,12,23H,11H2,1H3,(H,24,27)(H2,22,25,26). The highest BCUT2D eigenvalue weighted by Crippen LogP contribution is 2.22. The van der Waals surface area contributed by atoms with Crippen LogP contribution in [-0.2, 0) is 6.54 Å². The normalized spacial score (nSPS) is 10.9. The lowest BCUT2D eigenvalue weighted by Gasteiger charge is -2.08. The summed E-state index contributed by atoms with van der Waals surface area (Å²) in [4.78, 5) is 23.8. The van der Waals surface area contributed by atoms with Crippen LogP contribution in [0.1, 0.15) is 21.6 Å². The number of nitrogens with two attached hydrogens (primary N) is 1. The van der Waals surface area contributed by atoms with Crippen molar-refractivity contribution in [2.24, 2.45) is 0 Å². The zero-order valence-electron chi connectivity index (χ0n) is 14.9. The molecule has 134 valence electrons. The van der Waals surface area contributed by atoms with Gasteiger partial charge in [0.2, 0.25) is 5.95 Å². The number of aryl methyl sites for hydroxylation is 1. The predicted octanol–water partition coefficient (Wildman–Crippen LogP) is 3.45. The van der Waals surface area contributed by atoms with Gasteiger partial charge < -0.3 is 16.0 Å². The molecular weight excluding hydrogens is 338 g/mol. The molecule has 0 saturated heterocycles. The Bertz CT molecular complexity index is 1130. The van der Waals surface area contributed by atoms with Gasteiger partial charge in [-0.15, -0.1) is 0 Å². The molecule has 2 aromatic heterocycles. The molecule has 0 aliphatic heterocycles. The molecule has 2 heterocycles. The first kappa shape index (κ1) is 16.8. The van der Waals surface area contributed by atoms with Crippen LogP contribution in [-0.4, -0.2) is 20.9 Å². The Morgan fingerprint density at radius 1 is 1.19 bits per heavy atom. The van der Waals surface area contributed by atoms with Crippen LogP contribution in [0.2, 0.25) is 0 Å². The van der Waals surface area contributed by atoms with Crippen molar-refractivity contribution < 1.29 is 4.79 Å². The SMILES string of the molecule is Cc1cnc(N)nc1-c1c[nH]c(C(=O)NCc2cccc3ccccc23)c1. The summed E-state index contributed by atoms with van der Waals surface area (Å²) in [5, 5.41) is 5.26. The number of H-pyrrole nitrogens is 1. The molecule has 0 bridgehead atoms. The zero-order valence-corrected chi connectivity index (χ0v) is 14.9. The average molecular weight is 357 g/mol. The second-order valence-corrected chi connectivity index (χ2v) is 6.38. The molecule has 0 unspecified atom stereocenters. The average Bonchev–Trinajstić information content (AvgIpc) is 3.18. The number of nitrogen functional groups attached to an aromatic ring is 1. The number of benzene rings is 2. The van der Waals surface area contributed by atoms with Crippen LogP contribution in [0.3, 0.4) is 0 Å². The quantitative estimate of drug-likeness (QED) is 0.521. The number of fused-ring (bicyclic) bond motifs is 1. The summed E-state index contributed by atoms with van der Waals surface area (Å²) >= 11 is 0. The first-order valence-corrected chi connectivity index (χ1v) is 8.64. The molecule has 4 aromatic rings. The van der Waals surface area contributed by atoms with Gasteiger partial charge in [-0.05, 0) is 34.9 Å². The molecular formula is C21H19N5O. The van der Waals surface area contributed by atoms with Gasteiger partial charge >= 0.3 is 0 Å². The van der Waals surface area contributed by atoms with Gasteiger partial charge in [0.1, 0.15) is 5.69 Å². The molecule has 0 saturated carbocycles. The number of carbonyl (C=O) groups excluding carboxylic acids is 1. The van der Waals surface area contributed by atoms with Crippen molar-refractivity contribution >= 4 is 22.6 Å². The lowest BCUT2D eigenvalue weighted by atomic mass is 10.0. The van der Waals surface area contributed by atoms with Gasteiger partial charge in [0.05, 0.1) is 5.69 Å². The van der Waals surface area contributed by atoms with Crippen LogP contribution < -0.4 is 11.1 Å². The number of hydrogen-bond acceptors (Lipinski definition) is 4. The predicted molar refractivity (Wildman–Crippen MR) is 106 cm³/mol. The molecule has 6 heteroatoms. The summed E-state index contributed by atoms with van der Waals surface area (Å²) in [7, 11) is 0. The molecule has 0 atom stereocenters. The van der Waals surface area contributed by atoms with Gasteiger partial charge in [-0.3, -0.25) is 4.79 Å². The summed E-state index contributed by atoms with van der Waals surface area (Å²) < 4.78 is 0. The fourth-order valence-electron chi connectivity index (χ4n) is 3.13. The summed E-state index contributed by atoms with van der Waals surface area (Å²) in [6.45, 7) is 2.36. The molecule has 0 radical (unpaired) electrons. The van der Waals surface area contributed by atoms with Crippen molar-refractivity contribution in [2.45, 2.75) is 13.5 Å². The van der Waals surface area contributed by atoms with Crippen molar-refractivity contribution in [3.05, 3.63) is 77.7 Å². The second kappa shape index (κ2) is 6.92. The first-order valence-electron chi connectivity index (χ1n) is 8.64. The van der Waals surface area contributed by atoms with Crippen LogP contribution in [0.5, 0.6) is 0 Å². The zero-order chi connectivity index (χ0) is 18.8. The number of amides is 1. The van der Waals surface area contributed by atoms with Crippen molar-refractivity contribution in [1.82, 2.24) is 20.3 Å². The maximum absolute atomic E-state index is 12.6. The maximum atomic E-state index is 12.6. The van der Waals surface area contributed by atoms with Crippen LogP contribution in [0.25, 0.3) is 22.0 Å². The van der Waals surface area contributed by atoms with Crippen LogP contribution in [0.4, 0.5) is 5.95 Å². The Hall–Kier alpha value is -3.67. The molecule has 6 nitrogen and oxygen atoms in total. The molecule has 0 aliphatic carbocycles. The molecule has 0 spiro atoms. The Morgan fingerprint density at radius 3 is 2.89 bits per heavy atom. The van der Waals surface area contributed by atoms with E-state index in [0.29, 0.717) is 17.9 Å². The highest BCUT2D eigenvalue weighted by molar-refractivity contribution is 5.94. The Kier molecular flexibility index (Phi) is 4.30. The Labute approximate surface area is 156 Å². The van der Waals surface area contributed by atoms with Crippen molar-refractivity contribution in [2.75, 3.05) is 5.73 Å². The van der Waals surface area contributed by atoms with Crippen LogP contribution >= 0.6 is 0 Å².